The number of aryl methyl sites for hydroxylation is 1. The van der Waals surface area contributed by atoms with Crippen molar-refractivity contribution >= 4 is 16.6 Å². The van der Waals surface area contributed by atoms with E-state index in [4.69, 9.17) is 4.52 Å². The molecule has 3 aromatic heterocycles. The summed E-state index contributed by atoms with van der Waals surface area (Å²) in [7, 11) is 0. The van der Waals surface area contributed by atoms with Crippen LogP contribution in [0.25, 0.3) is 28.1 Å². The molecule has 0 atom stereocenters. The molecule has 8 heteroatoms. The monoisotopic (exact) mass is 351 g/mol. The number of fused-ring (bicyclic) bond motifs is 3. The Morgan fingerprint density at radius 1 is 1.31 bits per heavy atom. The summed E-state index contributed by atoms with van der Waals surface area (Å²) in [5, 5.41) is 14.3. The van der Waals surface area contributed by atoms with Gasteiger partial charge >= 0.3 is 0 Å². The van der Waals surface area contributed by atoms with Crippen LogP contribution in [0.4, 0.5) is 0 Å². The van der Waals surface area contributed by atoms with Crippen molar-refractivity contribution in [3.05, 3.63) is 40.8 Å². The predicted molar refractivity (Wildman–Crippen MR) is 94.2 cm³/mol. The Labute approximate surface area is 147 Å². The van der Waals surface area contributed by atoms with E-state index in [2.05, 4.69) is 15.1 Å². The van der Waals surface area contributed by atoms with Gasteiger partial charge in [-0.2, -0.15) is 4.98 Å². The smallest absolute Gasteiger partial charge is 0.277 e. The Morgan fingerprint density at radius 3 is 2.92 bits per heavy atom. The minimum atomic E-state index is -0.230. The van der Waals surface area contributed by atoms with Crippen molar-refractivity contribution < 1.29 is 9.63 Å². The molecule has 0 bridgehead atoms. The molecule has 3 heterocycles. The second-order valence-corrected chi connectivity index (χ2v) is 6.64. The van der Waals surface area contributed by atoms with Crippen LogP contribution < -0.4 is 5.56 Å². The molecular formula is C18H17N5O3. The van der Waals surface area contributed by atoms with Gasteiger partial charge in [0.05, 0.1) is 5.52 Å². The van der Waals surface area contributed by atoms with E-state index in [9.17, 15) is 9.90 Å². The maximum Gasteiger partial charge on any atom is 0.277 e. The summed E-state index contributed by atoms with van der Waals surface area (Å²) in [6, 6.07) is 5.18. The van der Waals surface area contributed by atoms with Gasteiger partial charge in [-0.05, 0) is 31.4 Å². The molecule has 1 N–H and O–H groups in total. The quantitative estimate of drug-likeness (QED) is 0.607. The first-order valence-corrected chi connectivity index (χ1v) is 8.74. The molecule has 1 aliphatic carbocycles. The molecule has 0 aliphatic heterocycles. The van der Waals surface area contributed by atoms with E-state index in [0.717, 1.165) is 19.3 Å². The maximum atomic E-state index is 13.2. The van der Waals surface area contributed by atoms with Crippen LogP contribution in [0.5, 0.6) is 5.75 Å². The number of nitrogens with zero attached hydrogens (tertiary/aromatic N) is 5. The zero-order valence-corrected chi connectivity index (χ0v) is 14.2. The van der Waals surface area contributed by atoms with Gasteiger partial charge in [-0.25, -0.2) is 4.98 Å². The minimum absolute atomic E-state index is 0.0702. The average molecular weight is 351 g/mol. The van der Waals surface area contributed by atoms with E-state index in [1.807, 2.05) is 13.0 Å². The molecule has 0 unspecified atom stereocenters. The normalized spacial score (nSPS) is 14.5. The number of aromatic hydroxyl groups is 1. The Morgan fingerprint density at radius 2 is 2.15 bits per heavy atom. The van der Waals surface area contributed by atoms with Gasteiger partial charge < -0.3 is 14.2 Å². The number of rotatable bonds is 4. The van der Waals surface area contributed by atoms with Crippen molar-refractivity contribution in [1.82, 2.24) is 24.1 Å². The van der Waals surface area contributed by atoms with E-state index in [0.29, 0.717) is 46.4 Å². The van der Waals surface area contributed by atoms with Gasteiger partial charge in [-0.3, -0.25) is 9.20 Å². The van der Waals surface area contributed by atoms with Crippen LogP contribution in [0.2, 0.25) is 0 Å². The Balaban J connectivity index is 1.84. The van der Waals surface area contributed by atoms with E-state index < -0.39 is 0 Å². The third-order valence-electron chi connectivity index (χ3n) is 4.77. The average Bonchev–Trinajstić information content (AvgIpc) is 3.19. The third-order valence-corrected chi connectivity index (χ3v) is 4.77. The summed E-state index contributed by atoms with van der Waals surface area (Å²) in [6.45, 7) is 2.48. The van der Waals surface area contributed by atoms with Crippen molar-refractivity contribution in [2.75, 3.05) is 0 Å². The standard InChI is InChI=1S/C18H17N5O3/c1-2-8-22-14-11(4-3-5-12(14)24)23-9-19-13(15(23)18(22)25)16-20-17(26-21-16)10-6-7-10/h3-5,9-10,24H,2,6-8H2,1H3. The summed E-state index contributed by atoms with van der Waals surface area (Å²) >= 11 is 0. The highest BCUT2D eigenvalue weighted by Gasteiger charge is 2.31. The summed E-state index contributed by atoms with van der Waals surface area (Å²) in [5.41, 5.74) is 1.77. The van der Waals surface area contributed by atoms with Crippen molar-refractivity contribution in [3.63, 3.8) is 0 Å². The molecule has 0 radical (unpaired) electrons. The Kier molecular flexibility index (Phi) is 3.15. The number of imidazole rings is 1. The highest BCUT2D eigenvalue weighted by Crippen LogP contribution is 2.39. The Hall–Kier alpha value is -3.16. The van der Waals surface area contributed by atoms with Gasteiger partial charge in [-0.1, -0.05) is 18.1 Å². The number of hydrogen-bond donors (Lipinski definition) is 1. The zero-order valence-electron chi connectivity index (χ0n) is 14.2. The highest BCUT2D eigenvalue weighted by atomic mass is 16.5. The fraction of sp³-hybridized carbons (Fsp3) is 0.333. The molecule has 0 saturated heterocycles. The van der Waals surface area contributed by atoms with Crippen LogP contribution in [0.3, 0.4) is 0 Å². The van der Waals surface area contributed by atoms with E-state index >= 15 is 0 Å². The van der Waals surface area contributed by atoms with E-state index in [-0.39, 0.29) is 11.3 Å². The molecule has 8 nitrogen and oxygen atoms in total. The minimum Gasteiger partial charge on any atom is -0.506 e. The van der Waals surface area contributed by atoms with Gasteiger partial charge in [-0.15, -0.1) is 0 Å². The van der Waals surface area contributed by atoms with Crippen molar-refractivity contribution in [1.29, 1.82) is 0 Å². The fourth-order valence-corrected chi connectivity index (χ4v) is 3.38. The number of phenols is 1. The zero-order chi connectivity index (χ0) is 17.8. The molecule has 4 aromatic rings. The third kappa shape index (κ3) is 2.08. The van der Waals surface area contributed by atoms with E-state index in [1.54, 1.807) is 27.4 Å². The van der Waals surface area contributed by atoms with Crippen molar-refractivity contribution in [2.45, 2.75) is 38.6 Å². The van der Waals surface area contributed by atoms with Crippen molar-refractivity contribution in [3.8, 4) is 17.3 Å². The number of phenolic OH excluding ortho intramolecular Hbond substituents is 1. The summed E-state index contributed by atoms with van der Waals surface area (Å²) in [5.74, 6) is 1.34. The topological polar surface area (TPSA) is 98.5 Å². The summed E-state index contributed by atoms with van der Waals surface area (Å²) in [4.78, 5) is 22.0. The predicted octanol–water partition coefficient (Wildman–Crippen LogP) is 2.69. The number of para-hydroxylation sites is 1. The fourth-order valence-electron chi connectivity index (χ4n) is 3.38. The molecule has 132 valence electrons. The lowest BCUT2D eigenvalue weighted by molar-refractivity contribution is 0.380. The first-order valence-electron chi connectivity index (χ1n) is 8.74. The van der Waals surface area contributed by atoms with Crippen LogP contribution in [-0.2, 0) is 6.54 Å². The molecule has 1 aliphatic rings. The lowest BCUT2D eigenvalue weighted by Gasteiger charge is -2.12. The molecule has 0 spiro atoms. The van der Waals surface area contributed by atoms with Crippen LogP contribution >= 0.6 is 0 Å². The maximum absolute atomic E-state index is 13.2. The molecule has 1 fully saturated rings. The summed E-state index contributed by atoms with van der Waals surface area (Å²) in [6.07, 6.45) is 4.44. The second kappa shape index (κ2) is 5.42. The lowest BCUT2D eigenvalue weighted by Crippen LogP contribution is -2.23. The van der Waals surface area contributed by atoms with Gasteiger partial charge in [0.2, 0.25) is 11.7 Å². The van der Waals surface area contributed by atoms with Crippen LogP contribution in [-0.4, -0.2) is 29.2 Å². The first kappa shape index (κ1) is 15.1. The second-order valence-electron chi connectivity index (χ2n) is 6.64. The molecule has 5 rings (SSSR count). The van der Waals surface area contributed by atoms with Gasteiger partial charge in [0.25, 0.3) is 5.56 Å². The van der Waals surface area contributed by atoms with Gasteiger partial charge in [0.1, 0.15) is 28.8 Å². The number of hydrogen-bond acceptors (Lipinski definition) is 6. The lowest BCUT2D eigenvalue weighted by atomic mass is 10.2. The Bertz CT molecular complexity index is 1200. The van der Waals surface area contributed by atoms with Crippen LogP contribution in [0.15, 0.2) is 33.8 Å². The van der Waals surface area contributed by atoms with Crippen molar-refractivity contribution in [2.24, 2.45) is 0 Å². The van der Waals surface area contributed by atoms with Gasteiger partial charge in [0.15, 0.2) is 0 Å². The largest absolute Gasteiger partial charge is 0.506 e. The molecular weight excluding hydrogens is 334 g/mol. The number of aromatic nitrogens is 5. The van der Waals surface area contributed by atoms with E-state index in [1.165, 1.54) is 0 Å². The van der Waals surface area contributed by atoms with Gasteiger partial charge in [0, 0.05) is 12.5 Å². The molecule has 0 amide bonds. The van der Waals surface area contributed by atoms with Crippen LogP contribution in [0, 0.1) is 0 Å². The first-order chi connectivity index (χ1) is 12.7. The molecule has 26 heavy (non-hydrogen) atoms. The molecule has 1 aromatic carbocycles. The highest BCUT2D eigenvalue weighted by molar-refractivity contribution is 5.87. The SMILES string of the molecule is CCCn1c(=O)c2c(-c3noc(C4CC4)n3)ncn2c2cccc(O)c21. The number of benzene rings is 1. The van der Waals surface area contributed by atoms with Crippen LogP contribution in [0.1, 0.15) is 38.0 Å². The molecule has 1 saturated carbocycles. The summed E-state index contributed by atoms with van der Waals surface area (Å²) < 4.78 is 8.60.